The number of nitrogens with two attached hydrogens (primary N) is 1. The van der Waals surface area contributed by atoms with Gasteiger partial charge in [0.05, 0.1) is 18.8 Å². The minimum atomic E-state index is 0.332. The fraction of sp³-hybridized carbons (Fsp3) is 0.364. The third-order valence-electron chi connectivity index (χ3n) is 2.50. The molecule has 2 N–H and O–H groups in total. The van der Waals surface area contributed by atoms with Gasteiger partial charge in [-0.2, -0.15) is 5.10 Å². The molecule has 1 aliphatic heterocycles. The molecule has 0 amide bonds. The van der Waals surface area contributed by atoms with Gasteiger partial charge in [0.2, 0.25) is 0 Å². The third-order valence-corrected chi connectivity index (χ3v) is 2.50. The van der Waals surface area contributed by atoms with Crippen LogP contribution < -0.4 is 15.5 Å². The summed E-state index contributed by atoms with van der Waals surface area (Å²) >= 11 is 0. The maximum atomic E-state index is 5.69. The van der Waals surface area contributed by atoms with Gasteiger partial charge in [-0.15, -0.1) is 0 Å². The minimum absolute atomic E-state index is 0.332. The van der Waals surface area contributed by atoms with Gasteiger partial charge >= 0.3 is 0 Å². The van der Waals surface area contributed by atoms with E-state index in [1.807, 2.05) is 29.3 Å². The van der Waals surface area contributed by atoms with Crippen molar-refractivity contribution in [3.05, 3.63) is 24.3 Å². The van der Waals surface area contributed by atoms with Crippen LogP contribution in [0.2, 0.25) is 0 Å². The molecule has 4 heteroatoms. The molecule has 1 aromatic carbocycles. The lowest BCUT2D eigenvalue weighted by Crippen LogP contribution is -2.22. The molecule has 0 aromatic heterocycles. The van der Waals surface area contributed by atoms with Gasteiger partial charge in [-0.05, 0) is 31.2 Å². The zero-order chi connectivity index (χ0) is 10.8. The number of hydrogen-bond acceptors (Lipinski definition) is 4. The van der Waals surface area contributed by atoms with Crippen molar-refractivity contribution in [2.24, 2.45) is 10.8 Å². The molecule has 4 nitrogen and oxygen atoms in total. The summed E-state index contributed by atoms with van der Waals surface area (Å²) in [4.78, 5) is 0. The number of anilines is 1. The van der Waals surface area contributed by atoms with Gasteiger partial charge in [0, 0.05) is 6.42 Å². The number of ether oxygens (including phenoxy) is 1. The summed E-state index contributed by atoms with van der Waals surface area (Å²) in [5.41, 5.74) is 6.74. The van der Waals surface area contributed by atoms with Crippen molar-refractivity contribution in [3.63, 3.8) is 0 Å². The van der Waals surface area contributed by atoms with E-state index in [-0.39, 0.29) is 0 Å². The average Bonchev–Trinajstić information content (AvgIpc) is 2.58. The predicted molar refractivity (Wildman–Crippen MR) is 61.2 cm³/mol. The number of hydrazone groups is 1. The van der Waals surface area contributed by atoms with E-state index in [9.17, 15) is 0 Å². The smallest absolute Gasteiger partial charge is 0.122 e. The predicted octanol–water partition coefficient (Wildman–Crippen LogP) is 1.57. The Bertz CT molecular complexity index is 372. The fourth-order valence-electron chi connectivity index (χ4n) is 1.71. The lowest BCUT2D eigenvalue weighted by atomic mass is 10.2. The molecular formula is C11H15N3O. The molecular weight excluding hydrogens is 190 g/mol. The summed E-state index contributed by atoms with van der Waals surface area (Å²) in [5, 5.41) is 6.22. The van der Waals surface area contributed by atoms with Crippen molar-refractivity contribution in [1.29, 1.82) is 0 Å². The lowest BCUT2D eigenvalue weighted by Gasteiger charge is -2.19. The van der Waals surface area contributed by atoms with Crippen LogP contribution in [-0.4, -0.2) is 19.0 Å². The highest BCUT2D eigenvalue weighted by molar-refractivity contribution is 5.84. The van der Waals surface area contributed by atoms with Crippen molar-refractivity contribution in [1.82, 2.24) is 0 Å². The van der Waals surface area contributed by atoms with Crippen molar-refractivity contribution in [3.8, 4) is 5.75 Å². The van der Waals surface area contributed by atoms with Crippen molar-refractivity contribution >= 4 is 11.5 Å². The highest BCUT2D eigenvalue weighted by atomic mass is 16.5. The molecule has 1 heterocycles. The zero-order valence-electron chi connectivity index (χ0n) is 8.97. The van der Waals surface area contributed by atoms with Crippen LogP contribution in [0.15, 0.2) is 29.4 Å². The Hall–Kier alpha value is -1.71. The second-order valence-corrected chi connectivity index (χ2v) is 3.69. The van der Waals surface area contributed by atoms with E-state index in [0.29, 0.717) is 11.9 Å². The van der Waals surface area contributed by atoms with Gasteiger partial charge in [0.1, 0.15) is 11.6 Å². The SMILES string of the molecule is COc1ccc(N2N=C(N)CC2C)cc1. The molecule has 0 saturated carbocycles. The highest BCUT2D eigenvalue weighted by Gasteiger charge is 2.21. The Labute approximate surface area is 89.3 Å². The lowest BCUT2D eigenvalue weighted by molar-refractivity contribution is 0.415. The standard InChI is InChI=1S/C11H15N3O/c1-8-7-11(12)13-14(8)9-3-5-10(15-2)6-4-9/h3-6,8H,7H2,1-2H3,(H2,12,13). The van der Waals surface area contributed by atoms with E-state index in [4.69, 9.17) is 10.5 Å². The maximum absolute atomic E-state index is 5.69. The Balaban J connectivity index is 2.22. The summed E-state index contributed by atoms with van der Waals surface area (Å²) in [6.07, 6.45) is 0.825. The molecule has 0 bridgehead atoms. The van der Waals surface area contributed by atoms with Crippen LogP contribution in [0.25, 0.3) is 0 Å². The van der Waals surface area contributed by atoms with E-state index in [0.717, 1.165) is 17.9 Å². The highest BCUT2D eigenvalue weighted by Crippen LogP contribution is 2.25. The van der Waals surface area contributed by atoms with E-state index in [2.05, 4.69) is 12.0 Å². The number of rotatable bonds is 2. The average molecular weight is 205 g/mol. The molecule has 2 rings (SSSR count). The molecule has 1 unspecified atom stereocenters. The second-order valence-electron chi connectivity index (χ2n) is 3.69. The molecule has 1 aliphatic rings. The first kappa shape index (κ1) is 9.83. The first-order valence-electron chi connectivity index (χ1n) is 4.97. The summed E-state index contributed by atoms with van der Waals surface area (Å²) < 4.78 is 5.10. The van der Waals surface area contributed by atoms with Crippen LogP contribution in [0.4, 0.5) is 5.69 Å². The molecule has 0 saturated heterocycles. The summed E-state index contributed by atoms with van der Waals surface area (Å²) in [6.45, 7) is 2.10. The van der Waals surface area contributed by atoms with Gasteiger partial charge < -0.3 is 10.5 Å². The molecule has 1 aromatic rings. The second kappa shape index (κ2) is 3.81. The molecule has 0 radical (unpaired) electrons. The Morgan fingerprint density at radius 3 is 2.53 bits per heavy atom. The van der Waals surface area contributed by atoms with Crippen LogP contribution in [0, 0.1) is 0 Å². The summed E-state index contributed by atoms with van der Waals surface area (Å²) in [6, 6.07) is 8.14. The van der Waals surface area contributed by atoms with Crippen LogP contribution in [0.5, 0.6) is 5.75 Å². The molecule has 0 spiro atoms. The minimum Gasteiger partial charge on any atom is -0.497 e. The normalized spacial score (nSPS) is 20.3. The van der Waals surface area contributed by atoms with E-state index >= 15 is 0 Å². The Morgan fingerprint density at radius 1 is 1.40 bits per heavy atom. The van der Waals surface area contributed by atoms with Gasteiger partial charge in [-0.3, -0.25) is 5.01 Å². The molecule has 0 fully saturated rings. The van der Waals surface area contributed by atoms with E-state index in [1.165, 1.54) is 0 Å². The number of hydrogen-bond donors (Lipinski definition) is 1. The molecule has 15 heavy (non-hydrogen) atoms. The third kappa shape index (κ3) is 1.88. The van der Waals surface area contributed by atoms with Crippen molar-refractivity contribution < 1.29 is 4.74 Å². The number of benzene rings is 1. The Kier molecular flexibility index (Phi) is 2.49. The number of methoxy groups -OCH3 is 1. The summed E-state index contributed by atoms with van der Waals surface area (Å²) in [5.74, 6) is 1.54. The van der Waals surface area contributed by atoms with Gasteiger partial charge in [-0.25, -0.2) is 0 Å². The van der Waals surface area contributed by atoms with Gasteiger partial charge in [-0.1, -0.05) is 0 Å². The van der Waals surface area contributed by atoms with E-state index < -0.39 is 0 Å². The number of amidine groups is 1. The van der Waals surface area contributed by atoms with Crippen LogP contribution in [0.1, 0.15) is 13.3 Å². The van der Waals surface area contributed by atoms with Gasteiger partial charge in [0.25, 0.3) is 0 Å². The monoisotopic (exact) mass is 205 g/mol. The van der Waals surface area contributed by atoms with Gasteiger partial charge in [0.15, 0.2) is 0 Å². The Morgan fingerprint density at radius 2 is 2.07 bits per heavy atom. The number of nitrogens with zero attached hydrogens (tertiary/aromatic N) is 2. The first-order chi connectivity index (χ1) is 7.20. The van der Waals surface area contributed by atoms with Crippen LogP contribution >= 0.6 is 0 Å². The summed E-state index contributed by atoms with van der Waals surface area (Å²) in [7, 11) is 1.66. The van der Waals surface area contributed by atoms with Crippen molar-refractivity contribution in [2.45, 2.75) is 19.4 Å². The topological polar surface area (TPSA) is 50.8 Å². The fourth-order valence-corrected chi connectivity index (χ4v) is 1.71. The zero-order valence-corrected chi connectivity index (χ0v) is 8.97. The van der Waals surface area contributed by atoms with Crippen LogP contribution in [0.3, 0.4) is 0 Å². The van der Waals surface area contributed by atoms with Crippen LogP contribution in [-0.2, 0) is 0 Å². The quantitative estimate of drug-likeness (QED) is 0.797. The molecule has 0 aliphatic carbocycles. The molecule has 80 valence electrons. The largest absolute Gasteiger partial charge is 0.497 e. The first-order valence-corrected chi connectivity index (χ1v) is 4.97. The van der Waals surface area contributed by atoms with E-state index in [1.54, 1.807) is 7.11 Å². The van der Waals surface area contributed by atoms with Crippen molar-refractivity contribution in [2.75, 3.05) is 12.1 Å². The molecule has 1 atom stereocenters. The maximum Gasteiger partial charge on any atom is 0.122 e.